The van der Waals surface area contributed by atoms with Gasteiger partial charge < -0.3 is 5.32 Å². The van der Waals surface area contributed by atoms with Gasteiger partial charge in [0.05, 0.1) is 17.7 Å². The molecule has 1 amide bonds. The van der Waals surface area contributed by atoms with Crippen LogP contribution in [0.4, 0.5) is 5.69 Å². The van der Waals surface area contributed by atoms with Gasteiger partial charge in [-0.1, -0.05) is 6.92 Å². The highest BCUT2D eigenvalue weighted by atomic mass is 16.1. The fraction of sp³-hybridized carbons (Fsp3) is 0.250. The van der Waals surface area contributed by atoms with Gasteiger partial charge in [0, 0.05) is 5.69 Å². The third-order valence-electron chi connectivity index (χ3n) is 2.16. The Kier molecular flexibility index (Phi) is 4.06. The number of benzene rings is 1. The van der Waals surface area contributed by atoms with Crippen molar-refractivity contribution in [3.8, 4) is 12.1 Å². The average molecular weight is 213 g/mol. The number of nitriles is 2. The van der Waals surface area contributed by atoms with Crippen LogP contribution >= 0.6 is 0 Å². The second-order valence-corrected chi connectivity index (χ2v) is 3.27. The first kappa shape index (κ1) is 11.7. The topological polar surface area (TPSA) is 76.7 Å². The molecule has 4 heteroatoms. The second kappa shape index (κ2) is 5.53. The van der Waals surface area contributed by atoms with Crippen LogP contribution in [0.5, 0.6) is 0 Å². The van der Waals surface area contributed by atoms with Gasteiger partial charge in [-0.2, -0.15) is 10.5 Å². The zero-order valence-corrected chi connectivity index (χ0v) is 8.90. The first-order valence-corrected chi connectivity index (χ1v) is 4.92. The molecular weight excluding hydrogens is 202 g/mol. The molecule has 1 N–H and O–H groups in total. The molecule has 1 atom stereocenters. The van der Waals surface area contributed by atoms with Gasteiger partial charge in [0.15, 0.2) is 0 Å². The Hall–Kier alpha value is -2.33. The smallest absolute Gasteiger partial charge is 0.241 e. The predicted molar refractivity (Wildman–Crippen MR) is 59.2 cm³/mol. The molecule has 16 heavy (non-hydrogen) atoms. The van der Waals surface area contributed by atoms with Crippen molar-refractivity contribution in [2.45, 2.75) is 13.3 Å². The van der Waals surface area contributed by atoms with Gasteiger partial charge >= 0.3 is 0 Å². The maximum atomic E-state index is 11.5. The molecule has 0 spiro atoms. The van der Waals surface area contributed by atoms with Crippen LogP contribution in [-0.2, 0) is 4.79 Å². The summed E-state index contributed by atoms with van der Waals surface area (Å²) in [4.78, 5) is 11.5. The van der Waals surface area contributed by atoms with Crippen LogP contribution in [-0.4, -0.2) is 5.91 Å². The van der Waals surface area contributed by atoms with Crippen molar-refractivity contribution in [3.05, 3.63) is 29.8 Å². The largest absolute Gasteiger partial charge is 0.325 e. The summed E-state index contributed by atoms with van der Waals surface area (Å²) >= 11 is 0. The van der Waals surface area contributed by atoms with E-state index in [9.17, 15) is 4.79 Å². The molecule has 0 aliphatic heterocycles. The maximum absolute atomic E-state index is 11.5. The highest BCUT2D eigenvalue weighted by Crippen LogP contribution is 2.11. The quantitative estimate of drug-likeness (QED) is 0.834. The highest BCUT2D eigenvalue weighted by Gasteiger charge is 2.14. The Balaban J connectivity index is 2.71. The Morgan fingerprint density at radius 1 is 1.38 bits per heavy atom. The summed E-state index contributed by atoms with van der Waals surface area (Å²) in [7, 11) is 0. The third-order valence-corrected chi connectivity index (χ3v) is 2.16. The third kappa shape index (κ3) is 2.83. The van der Waals surface area contributed by atoms with E-state index in [1.807, 2.05) is 12.1 Å². The molecule has 1 unspecified atom stereocenters. The normalized spacial score (nSPS) is 10.9. The maximum Gasteiger partial charge on any atom is 0.241 e. The summed E-state index contributed by atoms with van der Waals surface area (Å²) in [6.07, 6.45) is 0.485. The first-order valence-electron chi connectivity index (χ1n) is 4.92. The number of anilines is 1. The molecule has 0 fully saturated rings. The van der Waals surface area contributed by atoms with Gasteiger partial charge in [-0.25, -0.2) is 0 Å². The lowest BCUT2D eigenvalue weighted by Crippen LogP contribution is -2.20. The fourth-order valence-corrected chi connectivity index (χ4v) is 1.19. The molecule has 0 aliphatic carbocycles. The van der Waals surface area contributed by atoms with Gasteiger partial charge in [-0.15, -0.1) is 0 Å². The van der Waals surface area contributed by atoms with Crippen molar-refractivity contribution in [1.29, 1.82) is 10.5 Å². The van der Waals surface area contributed by atoms with Crippen molar-refractivity contribution in [2.75, 3.05) is 5.32 Å². The summed E-state index contributed by atoms with van der Waals surface area (Å²) in [6.45, 7) is 1.78. The summed E-state index contributed by atoms with van der Waals surface area (Å²) in [5.41, 5.74) is 1.13. The lowest BCUT2D eigenvalue weighted by atomic mass is 10.1. The molecule has 1 aromatic carbocycles. The number of nitrogens with zero attached hydrogens (tertiary/aromatic N) is 2. The Morgan fingerprint density at radius 3 is 2.44 bits per heavy atom. The molecule has 0 aromatic heterocycles. The first-order chi connectivity index (χ1) is 7.71. The molecule has 80 valence electrons. The van der Waals surface area contributed by atoms with E-state index in [-0.39, 0.29) is 5.91 Å². The van der Waals surface area contributed by atoms with Crippen molar-refractivity contribution in [3.63, 3.8) is 0 Å². The number of rotatable bonds is 3. The van der Waals surface area contributed by atoms with Gasteiger partial charge in [0.25, 0.3) is 0 Å². The van der Waals surface area contributed by atoms with Gasteiger partial charge in [0.1, 0.15) is 5.92 Å². The van der Waals surface area contributed by atoms with E-state index < -0.39 is 5.92 Å². The van der Waals surface area contributed by atoms with Crippen LogP contribution in [0.3, 0.4) is 0 Å². The van der Waals surface area contributed by atoms with Gasteiger partial charge in [-0.3, -0.25) is 4.79 Å². The standard InChI is InChI=1S/C12H11N3O/c1-2-10(8-14)12(16)15-11-5-3-9(7-13)4-6-11/h3-6,10H,2H2,1H3,(H,15,16). The summed E-state index contributed by atoms with van der Waals surface area (Å²) in [5, 5.41) is 19.9. The van der Waals surface area contributed by atoms with E-state index in [2.05, 4.69) is 5.32 Å². The number of nitrogens with one attached hydrogen (secondary N) is 1. The van der Waals surface area contributed by atoms with Crippen LogP contribution < -0.4 is 5.32 Å². The molecule has 0 aliphatic rings. The lowest BCUT2D eigenvalue weighted by Gasteiger charge is -2.07. The van der Waals surface area contributed by atoms with Gasteiger partial charge in [-0.05, 0) is 30.7 Å². The highest BCUT2D eigenvalue weighted by molar-refractivity contribution is 5.94. The van der Waals surface area contributed by atoms with E-state index in [1.165, 1.54) is 0 Å². The minimum Gasteiger partial charge on any atom is -0.325 e. The van der Waals surface area contributed by atoms with Crippen LogP contribution in [0.1, 0.15) is 18.9 Å². The van der Waals surface area contributed by atoms with E-state index in [0.717, 1.165) is 0 Å². The molecule has 0 saturated carbocycles. The van der Waals surface area contributed by atoms with Crippen molar-refractivity contribution in [2.24, 2.45) is 5.92 Å². The summed E-state index contributed by atoms with van der Waals surface area (Å²) < 4.78 is 0. The Bertz CT molecular complexity index is 451. The number of carbonyl (C=O) groups is 1. The summed E-state index contributed by atoms with van der Waals surface area (Å²) in [5.74, 6) is -0.939. The van der Waals surface area contributed by atoms with Crippen LogP contribution in [0.2, 0.25) is 0 Å². The van der Waals surface area contributed by atoms with Crippen LogP contribution in [0.15, 0.2) is 24.3 Å². The number of hydrogen-bond acceptors (Lipinski definition) is 3. The lowest BCUT2D eigenvalue weighted by molar-refractivity contribution is -0.118. The Morgan fingerprint density at radius 2 is 2.00 bits per heavy atom. The number of carbonyl (C=O) groups excluding carboxylic acids is 1. The zero-order valence-electron chi connectivity index (χ0n) is 8.90. The van der Waals surface area contributed by atoms with E-state index >= 15 is 0 Å². The SMILES string of the molecule is CCC(C#N)C(=O)Nc1ccc(C#N)cc1. The minimum atomic E-state index is -0.629. The van der Waals surface area contributed by atoms with Crippen LogP contribution in [0.25, 0.3) is 0 Å². The van der Waals surface area contributed by atoms with Gasteiger partial charge in [0.2, 0.25) is 5.91 Å². The van der Waals surface area contributed by atoms with E-state index in [1.54, 1.807) is 31.2 Å². The molecular formula is C12H11N3O. The molecule has 1 aromatic rings. The van der Waals surface area contributed by atoms with Crippen LogP contribution in [0, 0.1) is 28.6 Å². The minimum absolute atomic E-state index is 0.310. The van der Waals surface area contributed by atoms with Crippen molar-refractivity contribution >= 4 is 11.6 Å². The number of hydrogen-bond donors (Lipinski definition) is 1. The number of amides is 1. The molecule has 0 bridgehead atoms. The summed E-state index contributed by atoms with van der Waals surface area (Å²) in [6, 6.07) is 10.4. The average Bonchev–Trinajstić information content (AvgIpc) is 2.31. The fourth-order valence-electron chi connectivity index (χ4n) is 1.19. The predicted octanol–water partition coefficient (Wildman–Crippen LogP) is 2.05. The van der Waals surface area contributed by atoms with E-state index in [0.29, 0.717) is 17.7 Å². The van der Waals surface area contributed by atoms with Crippen molar-refractivity contribution in [1.82, 2.24) is 0 Å². The second-order valence-electron chi connectivity index (χ2n) is 3.27. The zero-order chi connectivity index (χ0) is 12.0. The molecule has 0 heterocycles. The van der Waals surface area contributed by atoms with E-state index in [4.69, 9.17) is 10.5 Å². The molecule has 0 radical (unpaired) electrons. The van der Waals surface area contributed by atoms with Crippen molar-refractivity contribution < 1.29 is 4.79 Å². The molecule has 4 nitrogen and oxygen atoms in total. The Labute approximate surface area is 94.1 Å². The molecule has 0 saturated heterocycles. The molecule has 1 rings (SSSR count). The monoisotopic (exact) mass is 213 g/mol.